The number of aryl methyl sites for hydroxylation is 2. The van der Waals surface area contributed by atoms with Crippen molar-refractivity contribution < 1.29 is 0 Å². The molecule has 0 aliphatic heterocycles. The fourth-order valence-corrected chi connectivity index (χ4v) is 2.16. The largest absolute Gasteiger partial charge is 0.304 e. The zero-order valence-electron chi connectivity index (χ0n) is 9.39. The van der Waals surface area contributed by atoms with Crippen LogP contribution in [-0.2, 0) is 13.1 Å². The normalized spacial score (nSPS) is 18.1. The van der Waals surface area contributed by atoms with Gasteiger partial charge in [-0.25, -0.2) is 0 Å². The van der Waals surface area contributed by atoms with Gasteiger partial charge in [0.1, 0.15) is 0 Å². The lowest BCUT2D eigenvalue weighted by molar-refractivity contribution is 0.510. The van der Waals surface area contributed by atoms with E-state index in [0.29, 0.717) is 5.88 Å². The first-order chi connectivity index (χ1) is 7.19. The van der Waals surface area contributed by atoms with Crippen molar-refractivity contribution in [3.8, 4) is 0 Å². The van der Waals surface area contributed by atoms with E-state index in [4.69, 9.17) is 11.6 Å². The fourth-order valence-electron chi connectivity index (χ4n) is 1.80. The van der Waals surface area contributed by atoms with Crippen molar-refractivity contribution in [2.75, 3.05) is 5.88 Å². The molecule has 0 amide bonds. The van der Waals surface area contributed by atoms with Crippen molar-refractivity contribution in [1.29, 1.82) is 0 Å². The molecule has 1 N–H and O–H groups in total. The second-order valence-electron chi connectivity index (χ2n) is 4.36. The van der Waals surface area contributed by atoms with Gasteiger partial charge in [0.25, 0.3) is 0 Å². The quantitative estimate of drug-likeness (QED) is 0.781. The van der Waals surface area contributed by atoms with Crippen LogP contribution in [-0.4, -0.2) is 21.2 Å². The van der Waals surface area contributed by atoms with Crippen molar-refractivity contribution >= 4 is 11.6 Å². The second kappa shape index (κ2) is 4.14. The number of hydrogen-bond acceptors (Lipinski definition) is 2. The standard InChI is InChI=1S/C11H18ClN3/c1-3-15-10(6-9(2)14-15)7-13-11(8-12)4-5-11/h6,13H,3-5,7-8H2,1-2H3. The minimum Gasteiger partial charge on any atom is -0.304 e. The summed E-state index contributed by atoms with van der Waals surface area (Å²) in [4.78, 5) is 0. The lowest BCUT2D eigenvalue weighted by Gasteiger charge is -2.14. The molecule has 1 fully saturated rings. The maximum Gasteiger partial charge on any atom is 0.0597 e. The number of rotatable bonds is 5. The second-order valence-corrected chi connectivity index (χ2v) is 4.63. The zero-order chi connectivity index (χ0) is 10.9. The summed E-state index contributed by atoms with van der Waals surface area (Å²) in [6.45, 7) is 5.95. The number of nitrogens with one attached hydrogen (secondary N) is 1. The summed E-state index contributed by atoms with van der Waals surface area (Å²) in [5, 5.41) is 7.95. The minimum absolute atomic E-state index is 0.221. The summed E-state index contributed by atoms with van der Waals surface area (Å²) in [7, 11) is 0. The SMILES string of the molecule is CCn1nc(C)cc1CNC1(CCl)CC1. The van der Waals surface area contributed by atoms with Gasteiger partial charge in [-0.1, -0.05) is 0 Å². The van der Waals surface area contributed by atoms with E-state index in [1.165, 1.54) is 18.5 Å². The van der Waals surface area contributed by atoms with Crippen LogP contribution in [0.3, 0.4) is 0 Å². The topological polar surface area (TPSA) is 29.9 Å². The molecule has 0 saturated heterocycles. The molecule has 4 heteroatoms. The van der Waals surface area contributed by atoms with Crippen LogP contribution in [0.2, 0.25) is 0 Å². The van der Waals surface area contributed by atoms with E-state index in [-0.39, 0.29) is 5.54 Å². The van der Waals surface area contributed by atoms with E-state index in [9.17, 15) is 0 Å². The molecule has 0 aromatic carbocycles. The molecule has 0 atom stereocenters. The van der Waals surface area contributed by atoms with Crippen LogP contribution in [0.15, 0.2) is 6.07 Å². The molecule has 15 heavy (non-hydrogen) atoms. The molecule has 1 heterocycles. The van der Waals surface area contributed by atoms with E-state index in [1.807, 2.05) is 11.6 Å². The molecule has 0 radical (unpaired) electrons. The Morgan fingerprint density at radius 1 is 1.60 bits per heavy atom. The molecule has 1 aromatic heterocycles. The van der Waals surface area contributed by atoms with E-state index < -0.39 is 0 Å². The Labute approximate surface area is 95.8 Å². The van der Waals surface area contributed by atoms with Gasteiger partial charge in [-0.3, -0.25) is 4.68 Å². The molecule has 0 unspecified atom stereocenters. The van der Waals surface area contributed by atoms with Gasteiger partial charge in [0.2, 0.25) is 0 Å². The van der Waals surface area contributed by atoms with Crippen LogP contribution in [0.4, 0.5) is 0 Å². The third-order valence-corrected chi connectivity index (χ3v) is 3.55. The summed E-state index contributed by atoms with van der Waals surface area (Å²) in [5.41, 5.74) is 2.56. The summed E-state index contributed by atoms with van der Waals surface area (Å²) in [5.74, 6) is 0.715. The fraction of sp³-hybridized carbons (Fsp3) is 0.727. The van der Waals surface area contributed by atoms with Crippen molar-refractivity contribution in [3.05, 3.63) is 17.5 Å². The highest BCUT2D eigenvalue weighted by atomic mass is 35.5. The molecule has 3 nitrogen and oxygen atoms in total. The summed E-state index contributed by atoms with van der Waals surface area (Å²) >= 11 is 5.92. The predicted octanol–water partition coefficient (Wildman–Crippen LogP) is 2.07. The molecule has 0 bridgehead atoms. The van der Waals surface area contributed by atoms with Crippen LogP contribution in [0.1, 0.15) is 31.2 Å². The molecule has 1 aliphatic carbocycles. The van der Waals surface area contributed by atoms with E-state index >= 15 is 0 Å². The van der Waals surface area contributed by atoms with Gasteiger partial charge >= 0.3 is 0 Å². The highest BCUT2D eigenvalue weighted by Gasteiger charge is 2.41. The van der Waals surface area contributed by atoms with Crippen LogP contribution < -0.4 is 5.32 Å². The molecule has 1 aromatic rings. The first-order valence-corrected chi connectivity index (χ1v) is 6.07. The Hall–Kier alpha value is -0.540. The van der Waals surface area contributed by atoms with Gasteiger partial charge in [-0.05, 0) is 32.8 Å². The van der Waals surface area contributed by atoms with E-state index in [1.54, 1.807) is 0 Å². The highest BCUT2D eigenvalue weighted by Crippen LogP contribution is 2.36. The smallest absolute Gasteiger partial charge is 0.0597 e. The van der Waals surface area contributed by atoms with E-state index in [0.717, 1.165) is 18.8 Å². The Balaban J connectivity index is 1.98. The first-order valence-electron chi connectivity index (χ1n) is 5.53. The van der Waals surface area contributed by atoms with Gasteiger partial charge in [-0.15, -0.1) is 11.6 Å². The van der Waals surface area contributed by atoms with Crippen LogP contribution in [0.25, 0.3) is 0 Å². The average molecular weight is 228 g/mol. The maximum absolute atomic E-state index is 5.92. The van der Waals surface area contributed by atoms with Crippen LogP contribution in [0.5, 0.6) is 0 Å². The lowest BCUT2D eigenvalue weighted by Crippen LogP contribution is -2.33. The van der Waals surface area contributed by atoms with Gasteiger partial charge in [0.15, 0.2) is 0 Å². The predicted molar refractivity (Wildman–Crippen MR) is 62.2 cm³/mol. The monoisotopic (exact) mass is 227 g/mol. The molecule has 1 aliphatic rings. The van der Waals surface area contributed by atoms with Crippen molar-refractivity contribution in [1.82, 2.24) is 15.1 Å². The minimum atomic E-state index is 0.221. The van der Waals surface area contributed by atoms with Crippen molar-refractivity contribution in [2.45, 2.75) is 45.3 Å². The third-order valence-electron chi connectivity index (χ3n) is 3.04. The third kappa shape index (κ3) is 2.34. The Bertz CT molecular complexity index is 342. The maximum atomic E-state index is 5.92. The number of halogens is 1. The number of aromatic nitrogens is 2. The Kier molecular flexibility index (Phi) is 3.03. The molecular formula is C11H18ClN3. The van der Waals surface area contributed by atoms with E-state index in [2.05, 4.69) is 23.4 Å². The summed E-state index contributed by atoms with van der Waals surface area (Å²) < 4.78 is 2.05. The Morgan fingerprint density at radius 3 is 2.87 bits per heavy atom. The van der Waals surface area contributed by atoms with Gasteiger partial charge < -0.3 is 5.32 Å². The van der Waals surface area contributed by atoms with Gasteiger partial charge in [-0.2, -0.15) is 5.10 Å². The molecule has 2 rings (SSSR count). The molecule has 0 spiro atoms. The van der Waals surface area contributed by atoms with Crippen LogP contribution >= 0.6 is 11.6 Å². The number of hydrogen-bond donors (Lipinski definition) is 1. The molecular weight excluding hydrogens is 210 g/mol. The Morgan fingerprint density at radius 2 is 2.33 bits per heavy atom. The highest BCUT2D eigenvalue weighted by molar-refractivity contribution is 6.18. The van der Waals surface area contributed by atoms with Gasteiger partial charge in [0, 0.05) is 24.5 Å². The average Bonchev–Trinajstić information content (AvgIpc) is 2.94. The zero-order valence-corrected chi connectivity index (χ0v) is 10.1. The number of alkyl halides is 1. The molecule has 84 valence electrons. The summed E-state index contributed by atoms with van der Waals surface area (Å²) in [6.07, 6.45) is 2.41. The van der Waals surface area contributed by atoms with Gasteiger partial charge in [0.05, 0.1) is 11.4 Å². The molecule has 1 saturated carbocycles. The first kappa shape index (κ1) is 11.0. The van der Waals surface area contributed by atoms with Crippen LogP contribution in [0, 0.1) is 6.92 Å². The number of nitrogens with zero attached hydrogens (tertiary/aromatic N) is 2. The van der Waals surface area contributed by atoms with Crippen molar-refractivity contribution in [3.63, 3.8) is 0 Å². The van der Waals surface area contributed by atoms with Crippen molar-refractivity contribution in [2.24, 2.45) is 0 Å². The lowest BCUT2D eigenvalue weighted by atomic mass is 10.3. The summed E-state index contributed by atoms with van der Waals surface area (Å²) in [6, 6.07) is 2.14.